The summed E-state index contributed by atoms with van der Waals surface area (Å²) in [6.45, 7) is 9.28. The highest BCUT2D eigenvalue weighted by Crippen LogP contribution is 2.40. The molecule has 0 spiro atoms. The molecule has 12 heteroatoms. The van der Waals surface area contributed by atoms with Crippen LogP contribution in [0.3, 0.4) is 0 Å². The third-order valence-corrected chi connectivity index (χ3v) is 8.08. The number of hydroxylamine groups is 1. The Balaban J connectivity index is 1.25. The van der Waals surface area contributed by atoms with Crippen molar-refractivity contribution < 1.29 is 23.8 Å². The molecule has 1 amide bonds. The minimum Gasteiger partial charge on any atom is -0.497 e. The molecule has 2 aromatic carbocycles. The number of ether oxygens (including phenoxy) is 3. The molecule has 0 unspecified atom stereocenters. The van der Waals surface area contributed by atoms with Gasteiger partial charge < -0.3 is 29.7 Å². The summed E-state index contributed by atoms with van der Waals surface area (Å²) in [6, 6.07) is 14.1. The van der Waals surface area contributed by atoms with Crippen molar-refractivity contribution in [3.8, 4) is 11.5 Å². The molecule has 3 aliphatic heterocycles. The van der Waals surface area contributed by atoms with E-state index in [9.17, 15) is 4.79 Å². The number of piperazine rings is 1. The molecule has 0 saturated carbocycles. The van der Waals surface area contributed by atoms with E-state index in [4.69, 9.17) is 19.0 Å². The fourth-order valence-corrected chi connectivity index (χ4v) is 5.66. The molecule has 3 saturated heterocycles. The molecular weight excluding hydrogens is 550 g/mol. The molecule has 3 fully saturated rings. The average Bonchev–Trinajstić information content (AvgIpc) is 3.51. The predicted molar refractivity (Wildman–Crippen MR) is 164 cm³/mol. The smallest absolute Gasteiger partial charge is 0.247 e. The van der Waals surface area contributed by atoms with Crippen molar-refractivity contribution in [2.75, 3.05) is 80.8 Å². The number of hydrogen-bond donors (Lipinski definition) is 2. The minimum absolute atomic E-state index is 0.0235. The van der Waals surface area contributed by atoms with Crippen molar-refractivity contribution in [1.82, 2.24) is 14.9 Å². The molecule has 2 N–H and O–H groups in total. The maximum atomic E-state index is 12.4. The topological polar surface area (TPSA) is 114 Å². The highest BCUT2D eigenvalue weighted by Gasteiger charge is 2.31. The predicted octanol–water partition coefficient (Wildman–Crippen LogP) is 3.77. The molecule has 1 aromatic heterocycles. The number of benzene rings is 2. The molecular formula is C31H37N7O5. The third-order valence-electron chi connectivity index (χ3n) is 8.08. The van der Waals surface area contributed by atoms with Gasteiger partial charge in [-0.3, -0.25) is 14.5 Å². The number of hydrogen-bond acceptors (Lipinski definition) is 11. The second kappa shape index (κ2) is 12.9. The number of carbonyl (C=O) groups excluding carboxylic acids is 1. The van der Waals surface area contributed by atoms with Crippen LogP contribution in [0.25, 0.3) is 0 Å². The van der Waals surface area contributed by atoms with Crippen molar-refractivity contribution in [2.45, 2.75) is 18.5 Å². The van der Waals surface area contributed by atoms with E-state index in [1.54, 1.807) is 14.2 Å². The lowest BCUT2D eigenvalue weighted by Gasteiger charge is -2.43. The van der Waals surface area contributed by atoms with Crippen LogP contribution in [-0.4, -0.2) is 87.0 Å². The van der Waals surface area contributed by atoms with Crippen molar-refractivity contribution in [1.29, 1.82) is 0 Å². The normalized spacial score (nSPS) is 19.1. The summed E-state index contributed by atoms with van der Waals surface area (Å²) in [4.78, 5) is 32.1. The summed E-state index contributed by atoms with van der Waals surface area (Å²) in [5.41, 5.74) is 3.26. The molecule has 6 rings (SSSR count). The number of nitrogens with zero attached hydrogens (tertiary/aromatic N) is 5. The van der Waals surface area contributed by atoms with Crippen LogP contribution in [0.5, 0.6) is 11.5 Å². The Bertz CT molecular complexity index is 1460. The van der Waals surface area contributed by atoms with Gasteiger partial charge in [-0.15, -0.1) is 0 Å². The lowest BCUT2D eigenvalue weighted by Crippen LogP contribution is -2.56. The summed E-state index contributed by atoms with van der Waals surface area (Å²) < 4.78 is 16.6. The van der Waals surface area contributed by atoms with Crippen LogP contribution in [0.1, 0.15) is 18.0 Å². The van der Waals surface area contributed by atoms with Gasteiger partial charge in [-0.2, -0.15) is 0 Å². The summed E-state index contributed by atoms with van der Waals surface area (Å²) in [6.07, 6.45) is 3.57. The van der Waals surface area contributed by atoms with E-state index in [1.807, 2.05) is 41.5 Å². The average molecular weight is 588 g/mol. The maximum Gasteiger partial charge on any atom is 0.247 e. The Hall–Kier alpha value is -4.39. The highest BCUT2D eigenvalue weighted by atomic mass is 16.7. The van der Waals surface area contributed by atoms with E-state index in [1.165, 1.54) is 12.4 Å². The number of nitrogens with one attached hydrogen (secondary N) is 2. The molecule has 0 aliphatic carbocycles. The number of rotatable bonds is 10. The lowest BCUT2D eigenvalue weighted by molar-refractivity contribution is -0.111. The van der Waals surface area contributed by atoms with Gasteiger partial charge in [0.2, 0.25) is 5.91 Å². The Kier molecular flexibility index (Phi) is 8.59. The molecule has 12 nitrogen and oxygen atoms in total. The monoisotopic (exact) mass is 587 g/mol. The molecule has 3 aliphatic rings. The first-order valence-electron chi connectivity index (χ1n) is 14.4. The van der Waals surface area contributed by atoms with Crippen molar-refractivity contribution >= 4 is 34.6 Å². The van der Waals surface area contributed by atoms with Gasteiger partial charge >= 0.3 is 0 Å². The standard InChI is InChI=1S/C31H37N7O5/c1-4-31(39)35-24-15-25(28(41-3)16-27(24)37-11-9-36(10-12-37)22-18-42-19-22)34-29-17-30(33-20-32-29)38-26(8-13-43-38)21-6-5-7-23(14-21)40-2/h4-7,14-17,20,22,26H,1,8-13,18-19H2,2-3H3,(H,35,39)(H,32,33,34)/t26-/m1/s1. The van der Waals surface area contributed by atoms with Crippen LogP contribution >= 0.6 is 0 Å². The number of anilines is 5. The molecule has 43 heavy (non-hydrogen) atoms. The van der Waals surface area contributed by atoms with E-state index in [-0.39, 0.29) is 11.9 Å². The lowest BCUT2D eigenvalue weighted by atomic mass is 10.0. The van der Waals surface area contributed by atoms with Crippen LogP contribution in [0.2, 0.25) is 0 Å². The molecule has 226 valence electrons. The Morgan fingerprint density at radius 2 is 1.88 bits per heavy atom. The van der Waals surface area contributed by atoms with Gasteiger partial charge in [0.15, 0.2) is 5.82 Å². The van der Waals surface area contributed by atoms with Crippen LogP contribution in [0.15, 0.2) is 61.4 Å². The fraction of sp³-hybridized carbons (Fsp3) is 0.387. The van der Waals surface area contributed by atoms with Gasteiger partial charge in [-0.1, -0.05) is 18.7 Å². The van der Waals surface area contributed by atoms with E-state index in [0.29, 0.717) is 41.4 Å². The van der Waals surface area contributed by atoms with Gasteiger partial charge in [0.1, 0.15) is 23.6 Å². The first kappa shape index (κ1) is 28.7. The van der Waals surface area contributed by atoms with Gasteiger partial charge in [0.05, 0.1) is 63.2 Å². The summed E-state index contributed by atoms with van der Waals surface area (Å²) in [5.74, 6) is 2.29. The van der Waals surface area contributed by atoms with E-state index >= 15 is 0 Å². The maximum absolute atomic E-state index is 12.4. The van der Waals surface area contributed by atoms with E-state index < -0.39 is 0 Å². The van der Waals surface area contributed by atoms with Crippen molar-refractivity contribution in [2.24, 2.45) is 0 Å². The molecule has 3 aromatic rings. The molecule has 4 heterocycles. The third kappa shape index (κ3) is 6.21. The zero-order valence-electron chi connectivity index (χ0n) is 24.5. The zero-order valence-corrected chi connectivity index (χ0v) is 24.5. The summed E-state index contributed by atoms with van der Waals surface area (Å²) >= 11 is 0. The SMILES string of the molecule is C=CC(=O)Nc1cc(Nc2cc(N3OCC[C@@H]3c3cccc(OC)c3)ncn2)c(OC)cc1N1CCN(C2COC2)CC1. The van der Waals surface area contributed by atoms with E-state index in [2.05, 4.69) is 43.0 Å². The van der Waals surface area contributed by atoms with Gasteiger partial charge in [0.25, 0.3) is 0 Å². The largest absolute Gasteiger partial charge is 0.497 e. The van der Waals surface area contributed by atoms with Crippen LogP contribution in [0, 0.1) is 0 Å². The first-order chi connectivity index (χ1) is 21.1. The fourth-order valence-electron chi connectivity index (χ4n) is 5.66. The van der Waals surface area contributed by atoms with Crippen LogP contribution in [0.4, 0.5) is 28.7 Å². The Morgan fingerprint density at radius 3 is 2.60 bits per heavy atom. The molecule has 0 bridgehead atoms. The van der Waals surface area contributed by atoms with Crippen molar-refractivity contribution in [3.63, 3.8) is 0 Å². The van der Waals surface area contributed by atoms with Crippen molar-refractivity contribution in [3.05, 3.63) is 67.0 Å². The van der Waals surface area contributed by atoms with E-state index in [0.717, 1.165) is 62.8 Å². The summed E-state index contributed by atoms with van der Waals surface area (Å²) in [7, 11) is 3.29. The summed E-state index contributed by atoms with van der Waals surface area (Å²) in [5, 5.41) is 8.16. The Morgan fingerprint density at radius 1 is 1.05 bits per heavy atom. The van der Waals surface area contributed by atoms with Crippen LogP contribution < -0.4 is 30.1 Å². The second-order valence-electron chi connectivity index (χ2n) is 10.6. The van der Waals surface area contributed by atoms with Gasteiger partial charge in [0, 0.05) is 44.7 Å². The second-order valence-corrected chi connectivity index (χ2v) is 10.6. The molecule has 1 atom stereocenters. The van der Waals surface area contributed by atoms with Gasteiger partial charge in [-0.25, -0.2) is 15.0 Å². The number of aromatic nitrogens is 2. The highest BCUT2D eigenvalue weighted by molar-refractivity contribution is 6.02. The quantitative estimate of drug-likeness (QED) is 0.338. The van der Waals surface area contributed by atoms with Crippen LogP contribution in [-0.2, 0) is 14.4 Å². The first-order valence-corrected chi connectivity index (χ1v) is 14.4. The number of amides is 1. The minimum atomic E-state index is -0.290. The Labute approximate surface area is 251 Å². The van der Waals surface area contributed by atoms with Gasteiger partial charge in [-0.05, 0) is 29.8 Å². The molecule has 0 radical (unpaired) electrons. The number of methoxy groups -OCH3 is 2. The number of carbonyl (C=O) groups is 1. The zero-order chi connectivity index (χ0) is 29.8.